The van der Waals surface area contributed by atoms with Crippen molar-refractivity contribution in [3.05, 3.63) is 45.9 Å². The highest BCUT2D eigenvalue weighted by Crippen LogP contribution is 2.44. The third-order valence-electron chi connectivity index (χ3n) is 6.85. The summed E-state index contributed by atoms with van der Waals surface area (Å²) in [6.45, 7) is 5.59. The number of benzene rings is 1. The van der Waals surface area contributed by atoms with Gasteiger partial charge in [0, 0.05) is 35.4 Å². The first-order valence-electron chi connectivity index (χ1n) is 11.1. The molecule has 1 saturated heterocycles. The molecule has 2 fully saturated rings. The number of nitrogens with zero attached hydrogens (tertiary/aromatic N) is 2. The van der Waals surface area contributed by atoms with Crippen molar-refractivity contribution in [2.75, 3.05) is 26.7 Å². The van der Waals surface area contributed by atoms with E-state index < -0.39 is 0 Å². The van der Waals surface area contributed by atoms with Crippen LogP contribution in [0.25, 0.3) is 0 Å². The molecule has 0 unspecified atom stereocenters. The first kappa shape index (κ1) is 21.3. The van der Waals surface area contributed by atoms with Crippen molar-refractivity contribution < 1.29 is 9.53 Å². The van der Waals surface area contributed by atoms with E-state index in [1.54, 1.807) is 18.4 Å². The molecule has 1 aromatic carbocycles. The van der Waals surface area contributed by atoms with Crippen molar-refractivity contribution in [2.45, 2.75) is 57.4 Å². The molecule has 1 N–H and O–H groups in total. The second-order valence-corrected chi connectivity index (χ2v) is 9.88. The second kappa shape index (κ2) is 9.48. The number of piperidine rings is 1. The third-order valence-corrected chi connectivity index (χ3v) is 7.67. The van der Waals surface area contributed by atoms with Gasteiger partial charge >= 0.3 is 0 Å². The Kier molecular flexibility index (Phi) is 6.74. The molecule has 0 spiro atoms. The molecule has 30 heavy (non-hydrogen) atoms. The lowest BCUT2D eigenvalue weighted by atomic mass is 9.78. The van der Waals surface area contributed by atoms with Crippen LogP contribution in [0.15, 0.2) is 29.6 Å². The number of nitrogens with one attached hydrogen (secondary N) is 1. The lowest BCUT2D eigenvalue weighted by Crippen LogP contribution is -2.44. The number of aromatic nitrogens is 1. The topological polar surface area (TPSA) is 54.5 Å². The Morgan fingerprint density at radius 1 is 1.27 bits per heavy atom. The van der Waals surface area contributed by atoms with E-state index in [1.165, 1.54) is 18.4 Å². The van der Waals surface area contributed by atoms with Crippen LogP contribution in [0.4, 0.5) is 0 Å². The van der Waals surface area contributed by atoms with Gasteiger partial charge in [-0.25, -0.2) is 4.98 Å². The van der Waals surface area contributed by atoms with E-state index in [-0.39, 0.29) is 17.2 Å². The molecule has 2 aromatic rings. The van der Waals surface area contributed by atoms with Gasteiger partial charge in [-0.15, -0.1) is 11.3 Å². The van der Waals surface area contributed by atoms with Crippen LogP contribution in [0, 0.1) is 12.8 Å². The Bertz CT molecular complexity index is 852. The summed E-state index contributed by atoms with van der Waals surface area (Å²) in [7, 11) is 1.74. The standard InChI is InChI=1S/C24H33N3O2S/c1-18-26-20(16-30-18)15-27-13-9-19(10-14-27)23(28)25-17-24(11-5-6-12-24)21-7-3-4-8-22(21)29-2/h3-4,7-8,16,19H,5-6,9-15,17H2,1-2H3,(H,25,28). The molecule has 1 aliphatic heterocycles. The largest absolute Gasteiger partial charge is 0.496 e. The number of hydrogen-bond acceptors (Lipinski definition) is 5. The van der Waals surface area contributed by atoms with Crippen LogP contribution in [0.1, 0.15) is 54.8 Å². The van der Waals surface area contributed by atoms with Gasteiger partial charge in [-0.1, -0.05) is 31.0 Å². The number of carbonyl (C=O) groups excluding carboxylic acids is 1. The molecule has 5 nitrogen and oxygen atoms in total. The van der Waals surface area contributed by atoms with E-state index in [4.69, 9.17) is 4.74 Å². The number of aryl methyl sites for hydroxylation is 1. The Labute approximate surface area is 183 Å². The summed E-state index contributed by atoms with van der Waals surface area (Å²) in [5.74, 6) is 1.29. The summed E-state index contributed by atoms with van der Waals surface area (Å²) in [5, 5.41) is 6.60. The van der Waals surface area contributed by atoms with Gasteiger partial charge in [0.15, 0.2) is 0 Å². The number of para-hydroxylation sites is 1. The molecule has 1 amide bonds. The average Bonchev–Trinajstić information content (AvgIpc) is 3.42. The molecule has 0 radical (unpaired) electrons. The van der Waals surface area contributed by atoms with Crippen LogP contribution in [-0.4, -0.2) is 42.5 Å². The van der Waals surface area contributed by atoms with Gasteiger partial charge in [0.25, 0.3) is 0 Å². The smallest absolute Gasteiger partial charge is 0.223 e. The number of likely N-dealkylation sites (tertiary alicyclic amines) is 1. The highest BCUT2D eigenvalue weighted by atomic mass is 32.1. The molecule has 2 aliphatic rings. The molecule has 1 aliphatic carbocycles. The number of rotatable bonds is 7. The van der Waals surface area contributed by atoms with Gasteiger partial charge in [-0.2, -0.15) is 0 Å². The molecule has 2 heterocycles. The highest BCUT2D eigenvalue weighted by Gasteiger charge is 2.38. The normalized spacial score (nSPS) is 19.7. The molecule has 6 heteroatoms. The first-order chi connectivity index (χ1) is 14.6. The van der Waals surface area contributed by atoms with E-state index in [0.717, 1.165) is 61.8 Å². The van der Waals surface area contributed by atoms with Crippen LogP contribution in [0.3, 0.4) is 0 Å². The Balaban J connectivity index is 1.32. The summed E-state index contributed by atoms with van der Waals surface area (Å²) in [6.07, 6.45) is 6.50. The fourth-order valence-electron chi connectivity index (χ4n) is 5.14. The van der Waals surface area contributed by atoms with Gasteiger partial charge in [0.05, 0.1) is 17.8 Å². The van der Waals surface area contributed by atoms with E-state index in [2.05, 4.69) is 32.7 Å². The van der Waals surface area contributed by atoms with Gasteiger partial charge in [-0.05, 0) is 51.8 Å². The van der Waals surface area contributed by atoms with Gasteiger partial charge in [0.1, 0.15) is 5.75 Å². The fraction of sp³-hybridized carbons (Fsp3) is 0.583. The minimum atomic E-state index is 0.00540. The summed E-state index contributed by atoms with van der Waals surface area (Å²) in [4.78, 5) is 20.0. The average molecular weight is 428 g/mol. The Morgan fingerprint density at radius 3 is 2.67 bits per heavy atom. The number of thiazole rings is 1. The zero-order chi connectivity index (χ0) is 21.0. The summed E-state index contributed by atoms with van der Waals surface area (Å²) < 4.78 is 5.65. The van der Waals surface area contributed by atoms with Crippen molar-refractivity contribution in [1.82, 2.24) is 15.2 Å². The van der Waals surface area contributed by atoms with E-state index >= 15 is 0 Å². The molecule has 4 rings (SSSR count). The number of carbonyl (C=O) groups is 1. The maximum atomic E-state index is 13.0. The van der Waals surface area contributed by atoms with Gasteiger partial charge in [0.2, 0.25) is 5.91 Å². The van der Waals surface area contributed by atoms with Crippen molar-refractivity contribution in [2.24, 2.45) is 5.92 Å². The molecular weight excluding hydrogens is 394 g/mol. The van der Waals surface area contributed by atoms with E-state index in [0.29, 0.717) is 6.54 Å². The summed E-state index contributed by atoms with van der Waals surface area (Å²) in [5.41, 5.74) is 2.41. The number of ether oxygens (including phenoxy) is 1. The van der Waals surface area contributed by atoms with Gasteiger partial charge in [-0.3, -0.25) is 9.69 Å². The quantitative estimate of drug-likeness (QED) is 0.716. The van der Waals surface area contributed by atoms with E-state index in [9.17, 15) is 4.79 Å². The molecule has 162 valence electrons. The Morgan fingerprint density at radius 2 is 2.00 bits per heavy atom. The molecule has 1 saturated carbocycles. The Hall–Kier alpha value is -1.92. The van der Waals surface area contributed by atoms with Crippen LogP contribution >= 0.6 is 11.3 Å². The molecule has 1 aromatic heterocycles. The zero-order valence-electron chi connectivity index (χ0n) is 18.2. The fourth-order valence-corrected chi connectivity index (χ4v) is 5.74. The first-order valence-corrected chi connectivity index (χ1v) is 12.0. The van der Waals surface area contributed by atoms with Crippen LogP contribution in [0.5, 0.6) is 5.75 Å². The minimum Gasteiger partial charge on any atom is -0.496 e. The third kappa shape index (κ3) is 4.70. The maximum Gasteiger partial charge on any atom is 0.223 e. The van der Waals surface area contributed by atoms with Crippen LogP contribution in [-0.2, 0) is 16.8 Å². The zero-order valence-corrected chi connectivity index (χ0v) is 19.0. The lowest BCUT2D eigenvalue weighted by Gasteiger charge is -2.34. The number of amides is 1. The molecule has 0 atom stereocenters. The van der Waals surface area contributed by atoms with Crippen molar-refractivity contribution in [1.29, 1.82) is 0 Å². The highest BCUT2D eigenvalue weighted by molar-refractivity contribution is 7.09. The number of methoxy groups -OCH3 is 1. The van der Waals surface area contributed by atoms with Crippen molar-refractivity contribution in [3.63, 3.8) is 0 Å². The summed E-state index contributed by atoms with van der Waals surface area (Å²) in [6, 6.07) is 8.31. The number of hydrogen-bond donors (Lipinski definition) is 1. The van der Waals surface area contributed by atoms with Crippen LogP contribution in [0.2, 0.25) is 0 Å². The maximum absolute atomic E-state index is 13.0. The van der Waals surface area contributed by atoms with Crippen LogP contribution < -0.4 is 10.1 Å². The van der Waals surface area contributed by atoms with Crippen molar-refractivity contribution in [3.8, 4) is 5.75 Å². The van der Waals surface area contributed by atoms with Gasteiger partial charge < -0.3 is 10.1 Å². The van der Waals surface area contributed by atoms with E-state index in [1.807, 2.05) is 19.1 Å². The predicted octanol–water partition coefficient (Wildman–Crippen LogP) is 4.30. The molecule has 0 bridgehead atoms. The lowest BCUT2D eigenvalue weighted by molar-refractivity contribution is -0.126. The minimum absolute atomic E-state index is 0.00540. The predicted molar refractivity (Wildman–Crippen MR) is 121 cm³/mol. The molecular formula is C24H33N3O2S. The second-order valence-electron chi connectivity index (χ2n) is 8.81. The monoisotopic (exact) mass is 427 g/mol. The summed E-state index contributed by atoms with van der Waals surface area (Å²) >= 11 is 1.71. The van der Waals surface area contributed by atoms with Crippen molar-refractivity contribution >= 4 is 17.2 Å². The SMILES string of the molecule is COc1ccccc1C1(CNC(=O)C2CCN(Cc3csc(C)n3)CC2)CCCC1.